The second-order valence-corrected chi connectivity index (χ2v) is 10.4. The van der Waals surface area contributed by atoms with Crippen LogP contribution in [0, 0.1) is 0 Å². The molecule has 0 saturated heterocycles. The molecule has 256 valence electrons. The van der Waals surface area contributed by atoms with Crippen molar-refractivity contribution in [3.63, 3.8) is 0 Å². The third kappa shape index (κ3) is 7.27. The molecule has 4 rings (SSSR count). The molecule has 0 unspecified atom stereocenters. The minimum absolute atomic E-state index is 0.00557. The first-order valence-electron chi connectivity index (χ1n) is 13.7. The average molecular weight is 693 g/mol. The summed E-state index contributed by atoms with van der Waals surface area (Å²) >= 11 is 0. The molecule has 0 aromatic heterocycles. The Kier molecular flexibility index (Phi) is 9.92. The highest BCUT2D eigenvalue weighted by atomic mass is 19.4. The molecule has 0 spiro atoms. The fourth-order valence-electron chi connectivity index (χ4n) is 4.88. The second kappa shape index (κ2) is 13.6. The predicted molar refractivity (Wildman–Crippen MR) is 154 cm³/mol. The monoisotopic (exact) mass is 692 g/mol. The van der Waals surface area contributed by atoms with Crippen LogP contribution in [-0.4, -0.2) is 56.7 Å². The Morgan fingerprint density at radius 3 is 1.27 bits per heavy atom. The highest BCUT2D eigenvalue weighted by Crippen LogP contribution is 2.56. The molecule has 0 heterocycles. The molecule has 0 fully saturated rings. The van der Waals surface area contributed by atoms with Crippen LogP contribution in [-0.2, 0) is 28.1 Å². The second-order valence-electron chi connectivity index (χ2n) is 10.4. The Bertz CT molecular complexity index is 1890. The van der Waals surface area contributed by atoms with Crippen molar-refractivity contribution in [1.82, 2.24) is 0 Å². The first kappa shape index (κ1) is 35.8. The fourth-order valence-corrected chi connectivity index (χ4v) is 4.88. The molecule has 10 nitrogen and oxygen atoms in total. The quantitative estimate of drug-likeness (QED) is 0.105. The van der Waals surface area contributed by atoms with Crippen LogP contribution in [0.25, 0.3) is 0 Å². The highest BCUT2D eigenvalue weighted by Gasteiger charge is 2.72. The van der Waals surface area contributed by atoms with Crippen LogP contribution in [0.4, 0.5) is 26.3 Å². The zero-order valence-electron chi connectivity index (χ0n) is 24.5. The third-order valence-corrected chi connectivity index (χ3v) is 7.27. The number of alkyl halides is 6. The summed E-state index contributed by atoms with van der Waals surface area (Å²) in [6.45, 7) is -1.12. The Morgan fingerprint density at radius 1 is 0.510 bits per heavy atom. The van der Waals surface area contributed by atoms with Gasteiger partial charge in [-0.3, -0.25) is 0 Å². The van der Waals surface area contributed by atoms with Gasteiger partial charge in [-0.1, -0.05) is 36.4 Å². The number of esters is 2. The number of carbonyl (C=O) groups excluding carboxylic acids is 2. The van der Waals surface area contributed by atoms with Crippen LogP contribution in [0.3, 0.4) is 0 Å². The van der Waals surface area contributed by atoms with Gasteiger partial charge < -0.3 is 29.9 Å². The van der Waals surface area contributed by atoms with E-state index in [-0.39, 0.29) is 41.3 Å². The molecular formula is C33H22F6O10. The summed E-state index contributed by atoms with van der Waals surface area (Å²) in [6.07, 6.45) is -12.6. The lowest BCUT2D eigenvalue weighted by Crippen LogP contribution is -2.55. The van der Waals surface area contributed by atoms with E-state index in [1.165, 1.54) is 48.5 Å². The van der Waals surface area contributed by atoms with E-state index >= 15 is 0 Å². The van der Waals surface area contributed by atoms with E-state index in [1.54, 1.807) is 0 Å². The number of halogens is 6. The molecule has 16 heteroatoms. The Hall–Kier alpha value is -6.06. The summed E-state index contributed by atoms with van der Waals surface area (Å²) in [5.41, 5.74) is -12.4. The van der Waals surface area contributed by atoms with Gasteiger partial charge in [-0.2, -0.15) is 26.3 Å². The molecule has 4 aromatic carbocycles. The summed E-state index contributed by atoms with van der Waals surface area (Å²) < 4.78 is 99.5. The number of hydrogen-bond donors (Lipinski definition) is 4. The van der Waals surface area contributed by atoms with E-state index in [2.05, 4.69) is 0 Å². The molecule has 0 amide bonds. The van der Waals surface area contributed by atoms with Gasteiger partial charge in [0.25, 0.3) is 0 Å². The zero-order chi connectivity index (χ0) is 36.3. The van der Waals surface area contributed by atoms with Gasteiger partial charge in [0.2, 0.25) is 5.41 Å². The van der Waals surface area contributed by atoms with Crippen molar-refractivity contribution >= 4 is 23.9 Å². The largest absolute Gasteiger partial charge is 0.508 e. The van der Waals surface area contributed by atoms with Gasteiger partial charge in [0.1, 0.15) is 24.7 Å². The molecule has 0 aliphatic rings. The van der Waals surface area contributed by atoms with Crippen LogP contribution in [0.15, 0.2) is 84.9 Å². The number of hydrogen-bond acceptors (Lipinski definition) is 8. The van der Waals surface area contributed by atoms with Gasteiger partial charge in [-0.25, -0.2) is 19.2 Å². The van der Waals surface area contributed by atoms with Crippen LogP contribution in [0.5, 0.6) is 11.5 Å². The molecule has 0 aliphatic heterocycles. The number of aromatic hydroxyl groups is 2. The van der Waals surface area contributed by atoms with Gasteiger partial charge in [0, 0.05) is 0 Å². The Morgan fingerprint density at radius 2 is 0.878 bits per heavy atom. The molecule has 4 aromatic rings. The van der Waals surface area contributed by atoms with Crippen molar-refractivity contribution in [2.24, 2.45) is 0 Å². The third-order valence-electron chi connectivity index (χ3n) is 7.27. The van der Waals surface area contributed by atoms with Crippen molar-refractivity contribution in [2.45, 2.75) is 31.0 Å². The van der Waals surface area contributed by atoms with E-state index in [4.69, 9.17) is 9.47 Å². The van der Waals surface area contributed by atoms with Crippen molar-refractivity contribution in [1.29, 1.82) is 0 Å². The maximum absolute atomic E-state index is 14.9. The van der Waals surface area contributed by atoms with Crippen LogP contribution < -0.4 is 0 Å². The predicted octanol–water partition coefficient (Wildman–Crippen LogP) is 6.62. The van der Waals surface area contributed by atoms with Crippen molar-refractivity contribution in [3.05, 3.63) is 129 Å². The summed E-state index contributed by atoms with van der Waals surface area (Å²) in [6, 6.07) is 11.3. The number of rotatable bonds is 10. The maximum atomic E-state index is 14.9. The van der Waals surface area contributed by atoms with E-state index in [9.17, 15) is 65.9 Å². The molecule has 4 N–H and O–H groups in total. The lowest BCUT2D eigenvalue weighted by Gasteiger charge is -2.38. The number of carbonyl (C=O) groups is 4. The number of phenolic OH excluding ortho intramolecular Hbond substituents is 2. The normalized spacial score (nSPS) is 11.9. The van der Waals surface area contributed by atoms with E-state index < -0.39 is 88.2 Å². The number of ether oxygens (including phenoxy) is 2. The van der Waals surface area contributed by atoms with Crippen LogP contribution in [0.2, 0.25) is 0 Å². The minimum Gasteiger partial charge on any atom is -0.508 e. The highest BCUT2D eigenvalue weighted by molar-refractivity contribution is 6.03. The summed E-state index contributed by atoms with van der Waals surface area (Å²) in [5.74, 6) is -7.30. The molecule has 0 radical (unpaired) electrons. The van der Waals surface area contributed by atoms with Crippen molar-refractivity contribution in [2.75, 3.05) is 0 Å². The molecule has 0 atom stereocenters. The van der Waals surface area contributed by atoms with E-state index in [1.807, 2.05) is 0 Å². The Balaban J connectivity index is 1.84. The van der Waals surface area contributed by atoms with E-state index in [0.717, 1.165) is 0 Å². The lowest BCUT2D eigenvalue weighted by atomic mass is 9.71. The first-order chi connectivity index (χ1) is 22.9. The van der Waals surface area contributed by atoms with Gasteiger partial charge in [0.05, 0.1) is 22.3 Å². The Labute approximate surface area is 271 Å². The average Bonchev–Trinajstić information content (AvgIpc) is 3.02. The fraction of sp³-hybridized carbons (Fsp3) is 0.152. The van der Waals surface area contributed by atoms with E-state index in [0.29, 0.717) is 17.7 Å². The summed E-state index contributed by atoms with van der Waals surface area (Å²) in [7, 11) is 0. The van der Waals surface area contributed by atoms with Gasteiger partial charge >= 0.3 is 36.2 Å². The van der Waals surface area contributed by atoms with Crippen LogP contribution >= 0.6 is 0 Å². The van der Waals surface area contributed by atoms with Crippen molar-refractivity contribution < 1.29 is 75.4 Å². The molecule has 0 bridgehead atoms. The lowest BCUT2D eigenvalue weighted by molar-refractivity contribution is -0.288. The number of benzene rings is 4. The number of phenols is 2. The SMILES string of the molecule is O=C(O)c1cc(C(c2ccc(C(=O)O)c(C(=O)OCc3ccc(O)cc3)c2)(C(F)(F)F)C(F)(F)F)ccc1C(=O)OCc1ccc(O)cc1. The standard InChI is InChI=1S/C33H22F6O10/c34-32(35,36)31(33(37,38)39,19-6-12-24(25(13-19)28(44)45)29(46)48-15-17-1-7-21(40)8-2-17)20-5-11-23(27(42)43)26(14-20)30(47)49-16-18-3-9-22(41)10-4-18/h1-14,40-41H,15-16H2,(H,42,43)(H,44,45). The number of aromatic carboxylic acids is 2. The smallest absolute Gasteiger partial charge is 0.411 e. The molecule has 49 heavy (non-hydrogen) atoms. The summed E-state index contributed by atoms with van der Waals surface area (Å²) in [5, 5.41) is 38.1. The molecule has 0 saturated carbocycles. The van der Waals surface area contributed by atoms with Crippen LogP contribution in [0.1, 0.15) is 63.7 Å². The first-order valence-corrected chi connectivity index (χ1v) is 13.7. The number of carboxylic acids is 2. The van der Waals surface area contributed by atoms with Crippen molar-refractivity contribution in [3.8, 4) is 11.5 Å². The molecule has 0 aliphatic carbocycles. The topological polar surface area (TPSA) is 168 Å². The number of carboxylic acid groups (broad SMARTS) is 2. The zero-order valence-corrected chi connectivity index (χ0v) is 24.5. The summed E-state index contributed by atoms with van der Waals surface area (Å²) in [4.78, 5) is 49.6. The van der Waals surface area contributed by atoms with Gasteiger partial charge in [-0.05, 0) is 70.8 Å². The maximum Gasteiger partial charge on any atom is 0.411 e. The molecular weight excluding hydrogens is 670 g/mol. The van der Waals surface area contributed by atoms with Gasteiger partial charge in [0.15, 0.2) is 0 Å². The van der Waals surface area contributed by atoms with Gasteiger partial charge in [-0.15, -0.1) is 0 Å². The minimum atomic E-state index is -6.31.